The number of nitrogens with zero attached hydrogens (tertiary/aromatic N) is 8. The van der Waals surface area contributed by atoms with E-state index in [1.54, 1.807) is 6.07 Å². The smallest absolute Gasteiger partial charge is 0.224 e. The van der Waals surface area contributed by atoms with Crippen LogP contribution in [0.1, 0.15) is 37.8 Å². The van der Waals surface area contributed by atoms with E-state index in [0.29, 0.717) is 10.6 Å². The van der Waals surface area contributed by atoms with Gasteiger partial charge < -0.3 is 19.9 Å². The van der Waals surface area contributed by atoms with Crippen LogP contribution in [-0.4, -0.2) is 72.5 Å². The highest BCUT2D eigenvalue weighted by molar-refractivity contribution is 5.80. The van der Waals surface area contributed by atoms with Crippen LogP contribution >= 0.6 is 0 Å². The highest BCUT2D eigenvalue weighted by atomic mass is 19.1. The summed E-state index contributed by atoms with van der Waals surface area (Å²) in [6.07, 6.45) is -2.73. The lowest BCUT2D eigenvalue weighted by Crippen LogP contribution is -2.46. The molecule has 2 N–H and O–H groups in total. The first-order chi connectivity index (χ1) is 20.4. The number of hydrogen-bond acceptors (Lipinski definition) is 8. The van der Waals surface area contributed by atoms with Crippen molar-refractivity contribution in [1.29, 1.82) is 0 Å². The summed E-state index contributed by atoms with van der Waals surface area (Å²) < 4.78 is 29.8. The molecule has 218 valence electrons. The zero-order valence-electron chi connectivity index (χ0n) is 23.5. The number of halogens is 2. The van der Waals surface area contributed by atoms with E-state index in [0.717, 1.165) is 72.6 Å². The van der Waals surface area contributed by atoms with Gasteiger partial charge >= 0.3 is 0 Å². The number of rotatable bonds is 9. The second-order valence-corrected chi connectivity index (χ2v) is 11.0. The van der Waals surface area contributed by atoms with E-state index >= 15 is 0 Å². The lowest BCUT2D eigenvalue weighted by molar-refractivity contribution is -0.0294. The summed E-state index contributed by atoms with van der Waals surface area (Å²) in [6, 6.07) is 17.8. The summed E-state index contributed by atoms with van der Waals surface area (Å²) >= 11 is 0. The number of aliphatic hydroxyl groups is 1. The molecule has 0 spiro atoms. The van der Waals surface area contributed by atoms with Crippen LogP contribution in [0.5, 0.6) is 0 Å². The molecule has 3 atom stereocenters. The van der Waals surface area contributed by atoms with E-state index < -0.39 is 18.6 Å². The number of fused-ring (bicyclic) bond motifs is 1. The van der Waals surface area contributed by atoms with Gasteiger partial charge in [0.1, 0.15) is 18.3 Å². The summed E-state index contributed by atoms with van der Waals surface area (Å²) in [6.45, 7) is 8.01. The third-order valence-electron chi connectivity index (χ3n) is 7.59. The number of aromatic nitrogens is 7. The zero-order valence-corrected chi connectivity index (χ0v) is 23.5. The second-order valence-electron chi connectivity index (χ2n) is 11.0. The van der Waals surface area contributed by atoms with Gasteiger partial charge in [-0.3, -0.25) is 4.98 Å². The number of nitrogens with one attached hydrogen (secondary N) is 1. The fourth-order valence-electron chi connectivity index (χ4n) is 5.31. The van der Waals surface area contributed by atoms with Crippen LogP contribution < -0.4 is 9.80 Å². The van der Waals surface area contributed by atoms with Crippen molar-refractivity contribution in [2.75, 3.05) is 36.0 Å². The summed E-state index contributed by atoms with van der Waals surface area (Å²) in [5.41, 5.74) is 6.07. The van der Waals surface area contributed by atoms with Gasteiger partial charge in [0, 0.05) is 55.7 Å². The zero-order chi connectivity index (χ0) is 29.2. The molecule has 1 aliphatic heterocycles. The summed E-state index contributed by atoms with van der Waals surface area (Å²) in [4.78, 5) is 17.1. The SMILES string of the molecule is CC(C)Cc1nc2ccc(N3CCN(c4ccc(-c5ccc(C(F)C(O)C(F)n6cnnn6)nc5)cc4)CC3)cc2[nH]1. The number of tetrazole rings is 1. The fraction of sp³-hybridized carbons (Fsp3) is 0.367. The number of pyridine rings is 1. The number of alkyl halides is 2. The first kappa shape index (κ1) is 27.7. The van der Waals surface area contributed by atoms with E-state index in [4.69, 9.17) is 4.98 Å². The molecule has 6 rings (SSSR count). The largest absolute Gasteiger partial charge is 0.385 e. The van der Waals surface area contributed by atoms with Gasteiger partial charge in [0.15, 0.2) is 6.17 Å². The molecule has 42 heavy (non-hydrogen) atoms. The lowest BCUT2D eigenvalue weighted by atomic mass is 10.0. The van der Waals surface area contributed by atoms with Gasteiger partial charge in [-0.1, -0.05) is 32.0 Å². The molecule has 3 unspecified atom stereocenters. The van der Waals surface area contributed by atoms with Crippen LogP contribution in [0, 0.1) is 5.92 Å². The normalized spacial score (nSPS) is 16.2. The summed E-state index contributed by atoms with van der Waals surface area (Å²) in [5, 5.41) is 20.1. The van der Waals surface area contributed by atoms with Gasteiger partial charge in [0.2, 0.25) is 6.30 Å². The van der Waals surface area contributed by atoms with Crippen molar-refractivity contribution < 1.29 is 13.9 Å². The molecule has 0 saturated carbocycles. The minimum Gasteiger partial charge on any atom is -0.385 e. The number of piperazine rings is 1. The minimum atomic E-state index is -2.13. The summed E-state index contributed by atoms with van der Waals surface area (Å²) in [5.74, 6) is 1.59. The van der Waals surface area contributed by atoms with Crippen molar-refractivity contribution in [3.8, 4) is 11.1 Å². The highest BCUT2D eigenvalue weighted by Gasteiger charge is 2.32. The maximum Gasteiger partial charge on any atom is 0.224 e. The van der Waals surface area contributed by atoms with Crippen molar-refractivity contribution in [2.24, 2.45) is 5.92 Å². The predicted octanol–water partition coefficient (Wildman–Crippen LogP) is 4.68. The minimum absolute atomic E-state index is 0.0702. The van der Waals surface area contributed by atoms with Crippen molar-refractivity contribution in [2.45, 2.75) is 38.8 Å². The number of hydrogen-bond donors (Lipinski definition) is 2. The van der Waals surface area contributed by atoms with Gasteiger partial charge in [-0.2, -0.15) is 4.68 Å². The fourth-order valence-corrected chi connectivity index (χ4v) is 5.31. The Balaban J connectivity index is 1.06. The molecular formula is C30H33F2N9O. The van der Waals surface area contributed by atoms with Crippen LogP contribution in [0.15, 0.2) is 67.1 Å². The Kier molecular flexibility index (Phi) is 7.79. The van der Waals surface area contributed by atoms with E-state index in [-0.39, 0.29) is 5.69 Å². The van der Waals surface area contributed by atoms with Crippen LogP contribution in [0.2, 0.25) is 0 Å². The Bertz CT molecular complexity index is 1600. The number of imidazole rings is 1. The number of anilines is 2. The number of benzene rings is 2. The monoisotopic (exact) mass is 573 g/mol. The average Bonchev–Trinajstić information content (AvgIpc) is 3.70. The molecular weight excluding hydrogens is 540 g/mol. The Morgan fingerprint density at radius 3 is 2.24 bits per heavy atom. The van der Waals surface area contributed by atoms with Gasteiger partial charge in [0.25, 0.3) is 0 Å². The van der Waals surface area contributed by atoms with Crippen molar-refractivity contribution in [1.82, 2.24) is 35.2 Å². The molecule has 12 heteroatoms. The molecule has 2 aromatic carbocycles. The molecule has 10 nitrogen and oxygen atoms in total. The van der Waals surface area contributed by atoms with Gasteiger partial charge in [-0.15, -0.1) is 5.10 Å². The standard InChI is InChI=1S/C30H33F2N9O/c1-19(2)15-27-35-24-10-8-23(16-26(24)36-27)40-13-11-39(12-14-40)22-6-3-20(4-7-22)21-5-9-25(33-17-21)28(31)29(42)30(32)41-18-34-37-38-41/h3-10,16-19,28-30,42H,11-15H2,1-2H3,(H,35,36). The first-order valence-electron chi connectivity index (χ1n) is 14.1. The van der Waals surface area contributed by atoms with E-state index in [1.165, 1.54) is 18.0 Å². The Morgan fingerprint density at radius 2 is 1.60 bits per heavy atom. The predicted molar refractivity (Wildman–Crippen MR) is 157 cm³/mol. The van der Waals surface area contributed by atoms with Crippen molar-refractivity contribution >= 4 is 22.4 Å². The van der Waals surface area contributed by atoms with Gasteiger partial charge in [-0.05, 0) is 58.3 Å². The van der Waals surface area contributed by atoms with Gasteiger partial charge in [-0.25, -0.2) is 13.8 Å². The number of aromatic amines is 1. The van der Waals surface area contributed by atoms with Crippen LogP contribution in [0.3, 0.4) is 0 Å². The molecule has 4 heterocycles. The maximum atomic E-state index is 14.8. The third-order valence-corrected chi connectivity index (χ3v) is 7.59. The van der Waals surface area contributed by atoms with E-state index in [1.807, 2.05) is 12.1 Å². The Morgan fingerprint density at radius 1 is 0.905 bits per heavy atom. The van der Waals surface area contributed by atoms with Gasteiger partial charge in [0.05, 0.1) is 16.7 Å². The lowest BCUT2D eigenvalue weighted by Gasteiger charge is -2.37. The average molecular weight is 574 g/mol. The first-order valence-corrected chi connectivity index (χ1v) is 14.1. The second kappa shape index (κ2) is 11.8. The molecule has 0 amide bonds. The molecule has 1 aliphatic rings. The molecule has 1 fully saturated rings. The van der Waals surface area contributed by atoms with Crippen molar-refractivity contribution in [3.63, 3.8) is 0 Å². The molecule has 0 bridgehead atoms. The number of aliphatic hydroxyl groups excluding tert-OH is 1. The molecule has 0 radical (unpaired) electrons. The van der Waals surface area contributed by atoms with Crippen molar-refractivity contribution in [3.05, 3.63) is 78.6 Å². The van der Waals surface area contributed by atoms with E-state index in [2.05, 4.69) is 79.5 Å². The van der Waals surface area contributed by atoms with E-state index in [9.17, 15) is 13.9 Å². The van der Waals surface area contributed by atoms with Crippen LogP contribution in [0.4, 0.5) is 20.2 Å². The molecule has 5 aromatic rings. The summed E-state index contributed by atoms with van der Waals surface area (Å²) in [7, 11) is 0. The Hall–Kier alpha value is -4.45. The third kappa shape index (κ3) is 5.80. The highest BCUT2D eigenvalue weighted by Crippen LogP contribution is 2.30. The topological polar surface area (TPSA) is 112 Å². The molecule has 0 aliphatic carbocycles. The number of H-pyrrole nitrogens is 1. The maximum absolute atomic E-state index is 14.8. The Labute approximate surface area is 242 Å². The van der Waals surface area contributed by atoms with Crippen LogP contribution in [-0.2, 0) is 6.42 Å². The molecule has 3 aromatic heterocycles. The van der Waals surface area contributed by atoms with Crippen LogP contribution in [0.25, 0.3) is 22.2 Å². The molecule has 1 saturated heterocycles. The quantitative estimate of drug-likeness (QED) is 0.262.